The summed E-state index contributed by atoms with van der Waals surface area (Å²) in [6.45, 7) is 2.95. The average Bonchev–Trinajstić information content (AvgIpc) is 2.75. The first-order valence-electron chi connectivity index (χ1n) is 10.6. The van der Waals surface area contributed by atoms with E-state index in [2.05, 4.69) is 0 Å². The molecule has 0 aromatic heterocycles. The van der Waals surface area contributed by atoms with Crippen molar-refractivity contribution in [2.75, 3.05) is 19.8 Å². The van der Waals surface area contributed by atoms with Gasteiger partial charge in [-0.3, -0.25) is 0 Å². The minimum Gasteiger partial charge on any atom is -0.491 e. The average molecular weight is 482 g/mol. The third kappa shape index (κ3) is 5.10. The maximum Gasteiger partial charge on any atom is 0.256 e. The van der Waals surface area contributed by atoms with Crippen LogP contribution in [0.5, 0.6) is 17.2 Å². The van der Waals surface area contributed by atoms with E-state index in [4.69, 9.17) is 14.2 Å². The van der Waals surface area contributed by atoms with Gasteiger partial charge in [0.2, 0.25) is 0 Å². The van der Waals surface area contributed by atoms with Crippen molar-refractivity contribution in [2.24, 2.45) is 0 Å². The molecule has 0 unspecified atom stereocenters. The molecular formula is C24H21BF6O3. The van der Waals surface area contributed by atoms with Crippen LogP contribution in [0, 0.1) is 34.9 Å². The molecule has 3 aromatic rings. The van der Waals surface area contributed by atoms with Gasteiger partial charge in [-0.1, -0.05) is 0 Å². The number of hydrogen-bond donors (Lipinski definition) is 0. The van der Waals surface area contributed by atoms with Crippen LogP contribution in [0.15, 0.2) is 36.4 Å². The van der Waals surface area contributed by atoms with Gasteiger partial charge in [0.15, 0.2) is 17.5 Å². The lowest BCUT2D eigenvalue weighted by atomic mass is 9.36. The van der Waals surface area contributed by atoms with Crippen LogP contribution >= 0.6 is 0 Å². The van der Waals surface area contributed by atoms with Crippen LogP contribution < -0.4 is 30.6 Å². The molecule has 0 aliphatic rings. The van der Waals surface area contributed by atoms with E-state index in [-0.39, 0.29) is 36.2 Å². The van der Waals surface area contributed by atoms with Crippen molar-refractivity contribution in [3.63, 3.8) is 0 Å². The van der Waals surface area contributed by atoms with Gasteiger partial charge in [0.05, 0.1) is 19.8 Å². The van der Waals surface area contributed by atoms with Crippen LogP contribution in [0.25, 0.3) is 0 Å². The fourth-order valence-corrected chi connectivity index (χ4v) is 3.78. The van der Waals surface area contributed by atoms with Crippen molar-refractivity contribution in [2.45, 2.75) is 20.8 Å². The topological polar surface area (TPSA) is 27.7 Å². The van der Waals surface area contributed by atoms with Crippen molar-refractivity contribution < 1.29 is 40.6 Å². The molecule has 0 saturated heterocycles. The molecule has 3 nitrogen and oxygen atoms in total. The van der Waals surface area contributed by atoms with E-state index in [9.17, 15) is 26.3 Å². The molecule has 0 amide bonds. The molecule has 0 aliphatic carbocycles. The molecule has 0 fully saturated rings. The summed E-state index contributed by atoms with van der Waals surface area (Å²) in [4.78, 5) is 0. The molecule has 0 saturated carbocycles. The van der Waals surface area contributed by atoms with E-state index in [0.717, 1.165) is 18.2 Å². The van der Waals surface area contributed by atoms with E-state index < -0.39 is 58.9 Å². The predicted octanol–water partition coefficient (Wildman–Crippen LogP) is 4.23. The van der Waals surface area contributed by atoms with Crippen molar-refractivity contribution in [1.29, 1.82) is 0 Å². The maximum atomic E-state index is 14.8. The number of rotatable bonds is 9. The van der Waals surface area contributed by atoms with E-state index >= 15 is 0 Å². The van der Waals surface area contributed by atoms with Crippen LogP contribution in [0.3, 0.4) is 0 Å². The van der Waals surface area contributed by atoms with Gasteiger partial charge in [-0.15, -0.1) is 0 Å². The fourth-order valence-electron chi connectivity index (χ4n) is 3.78. The van der Waals surface area contributed by atoms with Gasteiger partial charge in [0.25, 0.3) is 6.71 Å². The van der Waals surface area contributed by atoms with Crippen molar-refractivity contribution in [3.8, 4) is 17.2 Å². The molecule has 3 aromatic carbocycles. The second-order valence-corrected chi connectivity index (χ2v) is 7.15. The first kappa shape index (κ1) is 25.3. The number of benzene rings is 3. The van der Waals surface area contributed by atoms with Crippen LogP contribution in [0.4, 0.5) is 26.3 Å². The number of ether oxygens (including phenoxy) is 3. The summed E-state index contributed by atoms with van der Waals surface area (Å²) in [7, 11) is 0. The van der Waals surface area contributed by atoms with Crippen LogP contribution in [-0.2, 0) is 0 Å². The van der Waals surface area contributed by atoms with Crippen LogP contribution in [0.2, 0.25) is 0 Å². The lowest BCUT2D eigenvalue weighted by molar-refractivity contribution is 0.321. The van der Waals surface area contributed by atoms with Gasteiger partial charge in [-0.05, 0) is 55.4 Å². The molecule has 0 spiro atoms. The van der Waals surface area contributed by atoms with Crippen molar-refractivity contribution >= 4 is 23.1 Å². The monoisotopic (exact) mass is 482 g/mol. The first-order valence-corrected chi connectivity index (χ1v) is 10.6. The summed E-state index contributed by atoms with van der Waals surface area (Å²) in [5.41, 5.74) is -0.802. The Balaban J connectivity index is 2.50. The van der Waals surface area contributed by atoms with Gasteiger partial charge in [0.1, 0.15) is 34.7 Å². The molecule has 0 heterocycles. The van der Waals surface area contributed by atoms with Gasteiger partial charge in [-0.2, -0.15) is 0 Å². The highest BCUT2D eigenvalue weighted by atomic mass is 19.2. The molecule has 0 bridgehead atoms. The van der Waals surface area contributed by atoms with Crippen LogP contribution in [-0.4, -0.2) is 26.5 Å². The van der Waals surface area contributed by atoms with Crippen molar-refractivity contribution in [1.82, 2.24) is 0 Å². The Morgan fingerprint density at radius 1 is 0.500 bits per heavy atom. The molecule has 0 N–H and O–H groups in total. The summed E-state index contributed by atoms with van der Waals surface area (Å²) in [6, 6.07) is 4.31. The normalized spacial score (nSPS) is 10.9. The second kappa shape index (κ2) is 10.8. The Morgan fingerprint density at radius 3 is 1.00 bits per heavy atom. The minimum atomic E-state index is -1.54. The second-order valence-electron chi connectivity index (χ2n) is 7.15. The Hall–Kier alpha value is -3.30. The SMILES string of the molecule is CCOc1c(F)cc(F)cc1B(c1cc(F)cc(F)c1OCC)c1cc(F)cc(F)c1OCC. The fraction of sp³-hybridized carbons (Fsp3) is 0.250. The molecule has 10 heteroatoms. The van der Waals surface area contributed by atoms with Crippen LogP contribution in [0.1, 0.15) is 20.8 Å². The number of hydrogen-bond acceptors (Lipinski definition) is 3. The molecule has 34 heavy (non-hydrogen) atoms. The van der Waals surface area contributed by atoms with Gasteiger partial charge in [-0.25, -0.2) is 26.3 Å². The Labute approximate surface area is 193 Å². The quantitative estimate of drug-likeness (QED) is 0.338. The zero-order valence-corrected chi connectivity index (χ0v) is 18.7. The molecule has 0 atom stereocenters. The molecule has 3 rings (SSSR count). The molecular weight excluding hydrogens is 461 g/mol. The largest absolute Gasteiger partial charge is 0.491 e. The Morgan fingerprint density at radius 2 is 0.765 bits per heavy atom. The standard InChI is InChI=1S/C24H21BF6O3/c1-4-32-22-16(7-13(26)10-19(22)29)25(17-8-14(27)11-20(30)23(17)33-5-2)18-9-15(28)12-21(31)24(18)34-6-3/h7-12H,4-6H2,1-3H3. The number of halogens is 6. The minimum absolute atomic E-state index is 0.0477. The van der Waals surface area contributed by atoms with E-state index in [0.29, 0.717) is 18.2 Å². The molecule has 0 aliphatic heterocycles. The first-order chi connectivity index (χ1) is 16.2. The van der Waals surface area contributed by atoms with Gasteiger partial charge in [0, 0.05) is 18.2 Å². The molecule has 180 valence electrons. The Kier molecular flexibility index (Phi) is 8.01. The highest BCUT2D eigenvalue weighted by molar-refractivity contribution is 6.97. The highest BCUT2D eigenvalue weighted by Crippen LogP contribution is 2.24. The smallest absolute Gasteiger partial charge is 0.256 e. The van der Waals surface area contributed by atoms with Crippen molar-refractivity contribution in [3.05, 3.63) is 71.3 Å². The zero-order chi connectivity index (χ0) is 25.0. The third-order valence-corrected chi connectivity index (χ3v) is 4.91. The maximum absolute atomic E-state index is 14.8. The lowest BCUT2D eigenvalue weighted by Gasteiger charge is -2.24. The van der Waals surface area contributed by atoms with E-state index in [1.54, 1.807) is 20.8 Å². The summed E-state index contributed by atoms with van der Waals surface area (Å²) in [5, 5.41) is 0. The van der Waals surface area contributed by atoms with Gasteiger partial charge < -0.3 is 14.2 Å². The predicted molar refractivity (Wildman–Crippen MR) is 117 cm³/mol. The van der Waals surface area contributed by atoms with E-state index in [1.165, 1.54) is 0 Å². The highest BCUT2D eigenvalue weighted by Gasteiger charge is 2.35. The summed E-state index contributed by atoms with van der Waals surface area (Å²) >= 11 is 0. The Bertz CT molecular complexity index is 1040. The molecule has 0 radical (unpaired) electrons. The third-order valence-electron chi connectivity index (χ3n) is 4.91. The van der Waals surface area contributed by atoms with E-state index in [1.807, 2.05) is 0 Å². The van der Waals surface area contributed by atoms with Gasteiger partial charge >= 0.3 is 0 Å². The summed E-state index contributed by atoms with van der Waals surface area (Å²) < 4.78 is 104. The lowest BCUT2D eigenvalue weighted by Crippen LogP contribution is -2.54. The summed E-state index contributed by atoms with van der Waals surface area (Å²) in [5.74, 6) is -7.78. The zero-order valence-electron chi connectivity index (χ0n) is 18.7. The summed E-state index contributed by atoms with van der Waals surface area (Å²) in [6.07, 6.45) is 0.